The van der Waals surface area contributed by atoms with E-state index in [4.69, 9.17) is 4.74 Å². The summed E-state index contributed by atoms with van der Waals surface area (Å²) in [5.74, 6) is 2.81. The molecule has 0 unspecified atom stereocenters. The molecule has 2 nitrogen and oxygen atoms in total. The molecule has 4 saturated carbocycles. The molecule has 0 heterocycles. The summed E-state index contributed by atoms with van der Waals surface area (Å²) in [7, 11) is 0. The van der Waals surface area contributed by atoms with Gasteiger partial charge in [0.15, 0.2) is 5.78 Å². The van der Waals surface area contributed by atoms with Gasteiger partial charge in [0.1, 0.15) is 6.61 Å². The summed E-state index contributed by atoms with van der Waals surface area (Å²) in [6.45, 7) is 0.805. The molecule has 0 radical (unpaired) electrons. The number of Topliss-reactive ketones (excluding diaryl/α,β-unsaturated/α-hetero) is 1. The van der Waals surface area contributed by atoms with Crippen molar-refractivity contribution in [2.45, 2.75) is 45.1 Å². The number of rotatable bonds is 6. The molecule has 140 valence electrons. The van der Waals surface area contributed by atoms with E-state index in [9.17, 15) is 4.79 Å². The molecule has 2 heteroatoms. The van der Waals surface area contributed by atoms with Gasteiger partial charge >= 0.3 is 0 Å². The maximum Gasteiger partial charge on any atom is 0.164 e. The Morgan fingerprint density at radius 3 is 1.96 bits per heavy atom. The molecule has 2 aromatic rings. The van der Waals surface area contributed by atoms with Crippen LogP contribution in [0, 0.1) is 23.2 Å². The van der Waals surface area contributed by atoms with Crippen molar-refractivity contribution in [1.29, 1.82) is 0 Å². The molecule has 6 rings (SSSR count). The van der Waals surface area contributed by atoms with Crippen molar-refractivity contribution in [2.75, 3.05) is 6.61 Å². The third-order valence-corrected chi connectivity index (χ3v) is 7.19. The SMILES string of the molecule is O=C(COCc1ccc(-c2ccccc2)cc1)C12CC3CC(CC(C3)C1)C2. The van der Waals surface area contributed by atoms with Crippen LogP contribution in [0.3, 0.4) is 0 Å². The quantitative estimate of drug-likeness (QED) is 0.665. The number of ketones is 1. The predicted octanol–water partition coefficient (Wildman–Crippen LogP) is 5.66. The van der Waals surface area contributed by atoms with Crippen molar-refractivity contribution in [2.24, 2.45) is 23.2 Å². The maximum atomic E-state index is 13.0. The Morgan fingerprint density at radius 2 is 1.37 bits per heavy atom. The summed E-state index contributed by atoms with van der Waals surface area (Å²) in [4.78, 5) is 13.0. The fourth-order valence-corrected chi connectivity index (χ4v) is 6.29. The number of ether oxygens (including phenoxy) is 1. The predicted molar refractivity (Wildman–Crippen MR) is 107 cm³/mol. The van der Waals surface area contributed by atoms with E-state index in [2.05, 4.69) is 48.5 Å². The second-order valence-corrected chi connectivity index (χ2v) is 9.18. The Hall–Kier alpha value is -1.93. The molecular weight excluding hydrogens is 332 g/mol. The minimum Gasteiger partial charge on any atom is -0.369 e. The molecular formula is C25H28O2. The number of hydrogen-bond acceptors (Lipinski definition) is 2. The number of carbonyl (C=O) groups excluding carboxylic acids is 1. The van der Waals surface area contributed by atoms with Gasteiger partial charge in [-0.3, -0.25) is 4.79 Å². The highest BCUT2D eigenvalue weighted by molar-refractivity contribution is 5.86. The van der Waals surface area contributed by atoms with Gasteiger partial charge in [-0.1, -0.05) is 54.6 Å². The first-order valence-corrected chi connectivity index (χ1v) is 10.5. The molecule has 4 fully saturated rings. The fourth-order valence-electron chi connectivity index (χ4n) is 6.29. The van der Waals surface area contributed by atoms with Crippen molar-refractivity contribution in [1.82, 2.24) is 0 Å². The van der Waals surface area contributed by atoms with Crippen molar-refractivity contribution in [3.8, 4) is 11.1 Å². The Labute approximate surface area is 161 Å². The summed E-state index contributed by atoms with van der Waals surface area (Å²) in [6.07, 6.45) is 7.52. The van der Waals surface area contributed by atoms with Gasteiger partial charge in [0.2, 0.25) is 0 Å². The van der Waals surface area contributed by atoms with Crippen LogP contribution < -0.4 is 0 Å². The van der Waals surface area contributed by atoms with Crippen molar-refractivity contribution in [3.05, 3.63) is 60.2 Å². The van der Waals surface area contributed by atoms with Gasteiger partial charge in [-0.05, 0) is 73.0 Å². The molecule has 0 aliphatic heterocycles. The Kier molecular flexibility index (Phi) is 4.40. The third-order valence-electron chi connectivity index (χ3n) is 7.19. The Balaban J connectivity index is 1.17. The highest BCUT2D eigenvalue weighted by Gasteiger charge is 2.54. The summed E-state index contributed by atoms with van der Waals surface area (Å²) in [6, 6.07) is 18.9. The van der Waals surface area contributed by atoms with Gasteiger partial charge in [0, 0.05) is 5.41 Å². The van der Waals surface area contributed by atoms with E-state index in [1.54, 1.807) is 0 Å². The molecule has 2 aromatic carbocycles. The molecule has 4 aliphatic carbocycles. The van der Waals surface area contributed by atoms with E-state index in [0.29, 0.717) is 12.4 Å². The lowest BCUT2D eigenvalue weighted by Gasteiger charge is -2.55. The van der Waals surface area contributed by atoms with Crippen LogP contribution in [0.15, 0.2) is 54.6 Å². The average Bonchev–Trinajstić information content (AvgIpc) is 2.68. The normalized spacial score (nSPS) is 31.2. The van der Waals surface area contributed by atoms with E-state index in [0.717, 1.165) is 42.6 Å². The molecule has 0 atom stereocenters. The summed E-state index contributed by atoms with van der Waals surface area (Å²) >= 11 is 0. The van der Waals surface area contributed by atoms with Crippen LogP contribution in [0.5, 0.6) is 0 Å². The first kappa shape index (κ1) is 17.2. The van der Waals surface area contributed by atoms with Crippen LogP contribution in [0.2, 0.25) is 0 Å². The van der Waals surface area contributed by atoms with Crippen molar-refractivity contribution in [3.63, 3.8) is 0 Å². The van der Waals surface area contributed by atoms with Crippen LogP contribution in [-0.2, 0) is 16.1 Å². The topological polar surface area (TPSA) is 26.3 Å². The van der Waals surface area contributed by atoms with E-state index < -0.39 is 0 Å². The van der Waals surface area contributed by atoms with Gasteiger partial charge in [0.25, 0.3) is 0 Å². The highest BCUT2D eigenvalue weighted by atomic mass is 16.5. The minimum absolute atomic E-state index is 0.0358. The van der Waals surface area contributed by atoms with Crippen LogP contribution in [0.4, 0.5) is 0 Å². The lowest BCUT2D eigenvalue weighted by Crippen LogP contribution is -2.51. The monoisotopic (exact) mass is 360 g/mol. The smallest absolute Gasteiger partial charge is 0.164 e. The average molecular weight is 360 g/mol. The van der Waals surface area contributed by atoms with Gasteiger partial charge in [-0.2, -0.15) is 0 Å². The lowest BCUT2D eigenvalue weighted by molar-refractivity contribution is -0.149. The molecule has 0 amide bonds. The highest BCUT2D eigenvalue weighted by Crippen LogP contribution is 2.60. The zero-order valence-corrected chi connectivity index (χ0v) is 15.9. The number of hydrogen-bond donors (Lipinski definition) is 0. The zero-order valence-electron chi connectivity index (χ0n) is 15.9. The first-order chi connectivity index (χ1) is 13.2. The van der Waals surface area contributed by atoms with Gasteiger partial charge in [-0.15, -0.1) is 0 Å². The molecule has 0 saturated heterocycles. The standard InChI is InChI=1S/C25H28O2/c26-24(25-13-19-10-20(14-25)12-21(11-19)15-25)17-27-16-18-6-8-23(9-7-18)22-4-2-1-3-5-22/h1-9,19-21H,10-17H2. The van der Waals surface area contributed by atoms with Gasteiger partial charge in [0.05, 0.1) is 6.61 Å². The van der Waals surface area contributed by atoms with E-state index in [1.165, 1.54) is 30.4 Å². The second kappa shape index (κ2) is 6.91. The third kappa shape index (κ3) is 3.36. The minimum atomic E-state index is -0.0358. The molecule has 0 aromatic heterocycles. The van der Waals surface area contributed by atoms with Gasteiger partial charge < -0.3 is 4.74 Å². The maximum absolute atomic E-state index is 13.0. The van der Waals surface area contributed by atoms with E-state index >= 15 is 0 Å². The summed E-state index contributed by atoms with van der Waals surface area (Å²) in [5, 5.41) is 0. The molecule has 4 aliphatic rings. The molecule has 27 heavy (non-hydrogen) atoms. The molecule has 0 N–H and O–H groups in total. The summed E-state index contributed by atoms with van der Waals surface area (Å²) < 4.78 is 5.87. The van der Waals surface area contributed by atoms with Crippen LogP contribution in [0.25, 0.3) is 11.1 Å². The number of benzene rings is 2. The fraction of sp³-hybridized carbons (Fsp3) is 0.480. The van der Waals surface area contributed by atoms with E-state index in [-0.39, 0.29) is 12.0 Å². The largest absolute Gasteiger partial charge is 0.369 e. The van der Waals surface area contributed by atoms with Crippen molar-refractivity contribution < 1.29 is 9.53 Å². The van der Waals surface area contributed by atoms with Gasteiger partial charge in [-0.25, -0.2) is 0 Å². The Morgan fingerprint density at radius 1 is 0.815 bits per heavy atom. The van der Waals surface area contributed by atoms with Crippen molar-refractivity contribution >= 4 is 5.78 Å². The van der Waals surface area contributed by atoms with Crippen LogP contribution in [0.1, 0.15) is 44.1 Å². The zero-order chi connectivity index (χ0) is 18.3. The van der Waals surface area contributed by atoms with Crippen LogP contribution >= 0.6 is 0 Å². The van der Waals surface area contributed by atoms with E-state index in [1.807, 2.05) is 6.07 Å². The molecule has 0 spiro atoms. The van der Waals surface area contributed by atoms with Crippen LogP contribution in [-0.4, -0.2) is 12.4 Å². The molecule has 4 bridgehead atoms. The Bertz CT molecular complexity index is 771. The number of carbonyl (C=O) groups is 1. The summed E-state index contributed by atoms with van der Waals surface area (Å²) in [5.41, 5.74) is 3.53. The first-order valence-electron chi connectivity index (χ1n) is 10.5. The lowest BCUT2D eigenvalue weighted by atomic mass is 9.48. The second-order valence-electron chi connectivity index (χ2n) is 9.18.